The maximum absolute atomic E-state index is 5.72. The van der Waals surface area contributed by atoms with Gasteiger partial charge >= 0.3 is 0 Å². The van der Waals surface area contributed by atoms with Gasteiger partial charge in [-0.15, -0.1) is 5.10 Å². The quantitative estimate of drug-likeness (QED) is 0.865. The second-order valence-corrected chi connectivity index (χ2v) is 5.47. The summed E-state index contributed by atoms with van der Waals surface area (Å²) in [6.45, 7) is 3.57. The number of ether oxygens (including phenoxy) is 1. The zero-order valence-electron chi connectivity index (χ0n) is 11.7. The van der Waals surface area contributed by atoms with Crippen LogP contribution >= 0.6 is 0 Å². The van der Waals surface area contributed by atoms with Crippen molar-refractivity contribution in [2.45, 2.75) is 32.7 Å². The zero-order valence-corrected chi connectivity index (χ0v) is 11.7. The molecule has 106 valence electrons. The van der Waals surface area contributed by atoms with E-state index < -0.39 is 0 Å². The molecule has 0 radical (unpaired) electrons. The van der Waals surface area contributed by atoms with E-state index in [1.165, 1.54) is 12.1 Å². The predicted octanol–water partition coefficient (Wildman–Crippen LogP) is 2.06. The molecule has 20 heavy (non-hydrogen) atoms. The molecule has 1 atom stereocenters. The van der Waals surface area contributed by atoms with Crippen molar-refractivity contribution in [3.8, 4) is 5.75 Å². The van der Waals surface area contributed by atoms with Crippen LogP contribution in [0.25, 0.3) is 0 Å². The Hall–Kier alpha value is -2.04. The van der Waals surface area contributed by atoms with Crippen molar-refractivity contribution in [3.05, 3.63) is 35.7 Å². The molecule has 0 saturated carbocycles. The van der Waals surface area contributed by atoms with Crippen LogP contribution in [-0.4, -0.2) is 21.6 Å². The van der Waals surface area contributed by atoms with Gasteiger partial charge in [0.1, 0.15) is 12.4 Å². The summed E-state index contributed by atoms with van der Waals surface area (Å²) in [7, 11) is 0. The minimum absolute atomic E-state index is 0.578. The van der Waals surface area contributed by atoms with Crippen molar-refractivity contribution >= 4 is 5.69 Å². The van der Waals surface area contributed by atoms with Gasteiger partial charge in [-0.25, -0.2) is 4.68 Å². The van der Waals surface area contributed by atoms with Crippen LogP contribution in [-0.2, 0) is 19.4 Å². The first-order valence-corrected chi connectivity index (χ1v) is 7.12. The van der Waals surface area contributed by atoms with Crippen molar-refractivity contribution in [1.29, 1.82) is 0 Å². The molecule has 2 aromatic rings. The molecule has 1 aromatic carbocycles. The van der Waals surface area contributed by atoms with Crippen LogP contribution < -0.4 is 10.5 Å². The van der Waals surface area contributed by atoms with Gasteiger partial charge in [0.15, 0.2) is 0 Å². The SMILES string of the molecule is CC1CCc2c(nnn2CCOc2cccc(N)c2)C1. The number of benzene rings is 1. The molecule has 0 spiro atoms. The van der Waals surface area contributed by atoms with Gasteiger partial charge in [-0.05, 0) is 37.3 Å². The van der Waals surface area contributed by atoms with Crippen LogP contribution in [0.1, 0.15) is 24.7 Å². The number of aromatic nitrogens is 3. The van der Waals surface area contributed by atoms with E-state index in [2.05, 4.69) is 17.2 Å². The number of nitrogens with two attached hydrogens (primary N) is 1. The summed E-state index contributed by atoms with van der Waals surface area (Å²) in [5.74, 6) is 1.52. The molecule has 0 amide bonds. The molecule has 0 bridgehead atoms. The molecule has 1 heterocycles. The fraction of sp³-hybridized carbons (Fsp3) is 0.467. The number of hydrogen-bond donors (Lipinski definition) is 1. The molecule has 1 aliphatic carbocycles. The highest BCUT2D eigenvalue weighted by Crippen LogP contribution is 2.23. The molecule has 1 aliphatic rings. The molecular formula is C15H20N4O. The van der Waals surface area contributed by atoms with E-state index in [0.717, 1.165) is 42.4 Å². The third kappa shape index (κ3) is 2.76. The highest BCUT2D eigenvalue weighted by Gasteiger charge is 2.20. The predicted molar refractivity (Wildman–Crippen MR) is 77.6 cm³/mol. The molecule has 5 nitrogen and oxygen atoms in total. The second-order valence-electron chi connectivity index (χ2n) is 5.47. The van der Waals surface area contributed by atoms with Gasteiger partial charge in [-0.3, -0.25) is 0 Å². The summed E-state index contributed by atoms with van der Waals surface area (Å²) >= 11 is 0. The average molecular weight is 272 g/mol. The Balaban J connectivity index is 1.59. The number of fused-ring (bicyclic) bond motifs is 1. The third-order valence-corrected chi connectivity index (χ3v) is 3.76. The van der Waals surface area contributed by atoms with E-state index >= 15 is 0 Å². The Morgan fingerprint density at radius 3 is 3.20 bits per heavy atom. The highest BCUT2D eigenvalue weighted by atomic mass is 16.5. The minimum Gasteiger partial charge on any atom is -0.492 e. The van der Waals surface area contributed by atoms with Crippen LogP contribution in [0.5, 0.6) is 5.75 Å². The Bertz CT molecular complexity index is 593. The molecule has 0 aliphatic heterocycles. The fourth-order valence-corrected chi connectivity index (χ4v) is 2.65. The van der Waals surface area contributed by atoms with Crippen molar-refractivity contribution in [2.75, 3.05) is 12.3 Å². The summed E-state index contributed by atoms with van der Waals surface area (Å²) in [5.41, 5.74) is 8.88. The molecule has 1 unspecified atom stereocenters. The normalized spacial score (nSPS) is 17.8. The minimum atomic E-state index is 0.578. The standard InChI is InChI=1S/C15H20N4O/c1-11-5-6-15-14(9-11)17-18-19(15)7-8-20-13-4-2-3-12(16)10-13/h2-4,10-11H,5-9,16H2,1H3. The lowest BCUT2D eigenvalue weighted by Crippen LogP contribution is -2.17. The summed E-state index contributed by atoms with van der Waals surface area (Å²) < 4.78 is 7.68. The maximum Gasteiger partial charge on any atom is 0.121 e. The second kappa shape index (κ2) is 5.53. The number of nitrogen functional groups attached to an aromatic ring is 1. The average Bonchev–Trinajstić information content (AvgIpc) is 2.81. The molecular weight excluding hydrogens is 252 g/mol. The molecule has 2 N–H and O–H groups in total. The first-order chi connectivity index (χ1) is 9.72. The lowest BCUT2D eigenvalue weighted by Gasteiger charge is -2.17. The molecule has 0 fully saturated rings. The van der Waals surface area contributed by atoms with E-state index in [1.807, 2.05) is 28.9 Å². The van der Waals surface area contributed by atoms with Gasteiger partial charge in [0, 0.05) is 11.8 Å². The molecule has 5 heteroatoms. The van der Waals surface area contributed by atoms with E-state index in [1.54, 1.807) is 0 Å². The van der Waals surface area contributed by atoms with Gasteiger partial charge in [0.25, 0.3) is 0 Å². The van der Waals surface area contributed by atoms with E-state index in [0.29, 0.717) is 6.61 Å². The smallest absolute Gasteiger partial charge is 0.121 e. The summed E-state index contributed by atoms with van der Waals surface area (Å²) in [6.07, 6.45) is 3.34. The number of nitrogens with zero attached hydrogens (tertiary/aromatic N) is 3. The maximum atomic E-state index is 5.72. The van der Waals surface area contributed by atoms with Crippen molar-refractivity contribution in [3.63, 3.8) is 0 Å². The Labute approximate surface area is 118 Å². The Kier molecular flexibility index (Phi) is 3.58. The Morgan fingerprint density at radius 1 is 1.45 bits per heavy atom. The van der Waals surface area contributed by atoms with Crippen LogP contribution in [0.3, 0.4) is 0 Å². The topological polar surface area (TPSA) is 66.0 Å². The van der Waals surface area contributed by atoms with Crippen molar-refractivity contribution < 1.29 is 4.74 Å². The number of anilines is 1. The van der Waals surface area contributed by atoms with E-state index in [9.17, 15) is 0 Å². The summed E-state index contributed by atoms with van der Waals surface area (Å²) in [6, 6.07) is 7.48. The monoisotopic (exact) mass is 272 g/mol. The van der Waals surface area contributed by atoms with Gasteiger partial charge in [0.2, 0.25) is 0 Å². The number of rotatable bonds is 4. The number of hydrogen-bond acceptors (Lipinski definition) is 4. The van der Waals surface area contributed by atoms with Crippen molar-refractivity contribution in [1.82, 2.24) is 15.0 Å². The first kappa shape index (κ1) is 13.0. The van der Waals surface area contributed by atoms with E-state index in [4.69, 9.17) is 10.5 Å². The van der Waals surface area contributed by atoms with Crippen LogP contribution in [0, 0.1) is 5.92 Å². The Morgan fingerprint density at radius 2 is 2.35 bits per heavy atom. The largest absolute Gasteiger partial charge is 0.492 e. The van der Waals surface area contributed by atoms with Gasteiger partial charge < -0.3 is 10.5 Å². The fourth-order valence-electron chi connectivity index (χ4n) is 2.65. The van der Waals surface area contributed by atoms with Gasteiger partial charge in [-0.1, -0.05) is 18.2 Å². The van der Waals surface area contributed by atoms with Crippen LogP contribution in [0.2, 0.25) is 0 Å². The van der Waals surface area contributed by atoms with Gasteiger partial charge in [-0.2, -0.15) is 0 Å². The summed E-state index contributed by atoms with van der Waals surface area (Å²) in [4.78, 5) is 0. The van der Waals surface area contributed by atoms with Gasteiger partial charge in [0.05, 0.1) is 17.9 Å². The molecule has 1 aromatic heterocycles. The zero-order chi connectivity index (χ0) is 13.9. The van der Waals surface area contributed by atoms with Crippen LogP contribution in [0.15, 0.2) is 24.3 Å². The van der Waals surface area contributed by atoms with Crippen LogP contribution in [0.4, 0.5) is 5.69 Å². The molecule has 0 saturated heterocycles. The highest BCUT2D eigenvalue weighted by molar-refractivity contribution is 5.43. The van der Waals surface area contributed by atoms with Crippen molar-refractivity contribution in [2.24, 2.45) is 5.92 Å². The third-order valence-electron chi connectivity index (χ3n) is 3.76. The lowest BCUT2D eigenvalue weighted by atomic mass is 9.91. The summed E-state index contributed by atoms with van der Waals surface area (Å²) in [5, 5.41) is 8.53. The molecule has 3 rings (SSSR count). The van der Waals surface area contributed by atoms with E-state index in [-0.39, 0.29) is 0 Å². The lowest BCUT2D eigenvalue weighted by molar-refractivity contribution is 0.286. The first-order valence-electron chi connectivity index (χ1n) is 7.12.